The lowest BCUT2D eigenvalue weighted by Crippen LogP contribution is -2.53. The van der Waals surface area contributed by atoms with E-state index in [0.29, 0.717) is 12.3 Å². The first kappa shape index (κ1) is 19.1. The van der Waals surface area contributed by atoms with Crippen molar-refractivity contribution in [1.82, 2.24) is 10.9 Å². The number of carbonyl (C=O) groups is 2. The third-order valence-electron chi connectivity index (χ3n) is 4.39. The van der Waals surface area contributed by atoms with Crippen LogP contribution in [0.5, 0.6) is 0 Å². The quantitative estimate of drug-likeness (QED) is 0.518. The molecule has 1 saturated carbocycles. The Labute approximate surface area is 146 Å². The zero-order chi connectivity index (χ0) is 18.2. The standard InChI is InChI=1S/C17H25FN4O3/c18-12-7-4-8-13(10-12)20-17(25)22-21-16(24)15(23)14(19)9-11-5-2-1-3-6-11/h4,7-8,10-11,14-15,23H,1-3,5-6,9,19H2,(H,21,24)(H2,20,22,25). The fourth-order valence-electron chi connectivity index (χ4n) is 3.05. The summed E-state index contributed by atoms with van der Waals surface area (Å²) in [5.41, 5.74) is 10.4. The van der Waals surface area contributed by atoms with Crippen molar-refractivity contribution in [2.75, 3.05) is 5.32 Å². The first-order valence-corrected chi connectivity index (χ1v) is 8.52. The number of nitrogens with two attached hydrogens (primary N) is 1. The molecule has 2 atom stereocenters. The molecular formula is C17H25FN4O3. The van der Waals surface area contributed by atoms with Crippen LogP contribution < -0.4 is 21.9 Å². The number of hydrazine groups is 1. The maximum absolute atomic E-state index is 13.0. The second kappa shape index (κ2) is 9.33. The number of benzene rings is 1. The van der Waals surface area contributed by atoms with E-state index in [0.717, 1.165) is 31.7 Å². The molecule has 0 heterocycles. The molecule has 3 amide bonds. The SMILES string of the molecule is NC(CC1CCCCC1)C(O)C(=O)NNC(=O)Nc1cccc(F)c1. The Bertz CT molecular complexity index is 593. The van der Waals surface area contributed by atoms with Crippen molar-refractivity contribution in [3.8, 4) is 0 Å². The summed E-state index contributed by atoms with van der Waals surface area (Å²) in [4.78, 5) is 23.6. The van der Waals surface area contributed by atoms with E-state index in [9.17, 15) is 19.1 Å². The number of aliphatic hydroxyl groups excluding tert-OH is 1. The average Bonchev–Trinajstić information content (AvgIpc) is 2.60. The number of hydrogen-bond acceptors (Lipinski definition) is 4. The molecule has 1 aromatic rings. The lowest BCUT2D eigenvalue weighted by molar-refractivity contribution is -0.131. The van der Waals surface area contributed by atoms with Crippen LogP contribution in [0.2, 0.25) is 0 Å². The number of carbonyl (C=O) groups excluding carboxylic acids is 2. The molecule has 0 aromatic heterocycles. The minimum Gasteiger partial charge on any atom is -0.382 e. The first-order valence-electron chi connectivity index (χ1n) is 8.52. The molecule has 2 unspecified atom stereocenters. The van der Waals surface area contributed by atoms with Crippen molar-refractivity contribution in [3.05, 3.63) is 30.1 Å². The Kier molecular flexibility index (Phi) is 7.15. The number of rotatable bonds is 5. The number of aliphatic hydroxyl groups is 1. The van der Waals surface area contributed by atoms with Gasteiger partial charge >= 0.3 is 6.03 Å². The summed E-state index contributed by atoms with van der Waals surface area (Å²) in [5, 5.41) is 12.4. The van der Waals surface area contributed by atoms with Gasteiger partial charge in [0, 0.05) is 11.7 Å². The lowest BCUT2D eigenvalue weighted by Gasteiger charge is -2.26. The molecule has 1 aliphatic rings. The summed E-state index contributed by atoms with van der Waals surface area (Å²) in [5.74, 6) is -0.848. The molecule has 1 fully saturated rings. The minimum atomic E-state index is -1.41. The van der Waals surface area contributed by atoms with E-state index in [1.165, 1.54) is 24.6 Å². The Hall–Kier alpha value is -2.19. The highest BCUT2D eigenvalue weighted by Crippen LogP contribution is 2.27. The van der Waals surface area contributed by atoms with Gasteiger partial charge in [0.2, 0.25) is 0 Å². The van der Waals surface area contributed by atoms with Gasteiger partial charge in [0.1, 0.15) is 11.9 Å². The fourth-order valence-corrected chi connectivity index (χ4v) is 3.05. The average molecular weight is 352 g/mol. The van der Waals surface area contributed by atoms with Gasteiger partial charge in [-0.05, 0) is 30.5 Å². The van der Waals surface area contributed by atoms with Gasteiger partial charge < -0.3 is 16.2 Å². The molecule has 138 valence electrons. The Morgan fingerprint density at radius 2 is 1.96 bits per heavy atom. The van der Waals surface area contributed by atoms with E-state index in [1.54, 1.807) is 0 Å². The molecule has 0 bridgehead atoms. The smallest absolute Gasteiger partial charge is 0.337 e. The van der Waals surface area contributed by atoms with Crippen LogP contribution in [-0.2, 0) is 4.79 Å². The maximum atomic E-state index is 13.0. The van der Waals surface area contributed by atoms with E-state index in [2.05, 4.69) is 16.2 Å². The molecule has 0 spiro atoms. The van der Waals surface area contributed by atoms with Crippen molar-refractivity contribution in [1.29, 1.82) is 0 Å². The highest BCUT2D eigenvalue weighted by atomic mass is 19.1. The number of urea groups is 1. The van der Waals surface area contributed by atoms with Gasteiger partial charge in [0.05, 0.1) is 0 Å². The molecule has 0 saturated heterocycles. The highest BCUT2D eigenvalue weighted by Gasteiger charge is 2.26. The summed E-state index contributed by atoms with van der Waals surface area (Å²) in [6.07, 6.45) is 4.83. The van der Waals surface area contributed by atoms with Crippen LogP contribution in [0.4, 0.5) is 14.9 Å². The largest absolute Gasteiger partial charge is 0.382 e. The van der Waals surface area contributed by atoms with Gasteiger partial charge in [-0.15, -0.1) is 0 Å². The summed E-state index contributed by atoms with van der Waals surface area (Å²) >= 11 is 0. The normalized spacial score (nSPS) is 17.4. The van der Waals surface area contributed by atoms with Crippen molar-refractivity contribution < 1.29 is 19.1 Å². The molecule has 0 aliphatic heterocycles. The monoisotopic (exact) mass is 352 g/mol. The topological polar surface area (TPSA) is 116 Å². The molecule has 1 aliphatic carbocycles. The Morgan fingerprint density at radius 1 is 1.24 bits per heavy atom. The van der Waals surface area contributed by atoms with Gasteiger partial charge in [0.25, 0.3) is 5.91 Å². The first-order chi connectivity index (χ1) is 12.0. The Balaban J connectivity index is 1.73. The van der Waals surface area contributed by atoms with Gasteiger partial charge in [0.15, 0.2) is 0 Å². The van der Waals surface area contributed by atoms with E-state index in [-0.39, 0.29) is 5.69 Å². The molecule has 0 radical (unpaired) electrons. The second-order valence-electron chi connectivity index (χ2n) is 6.43. The van der Waals surface area contributed by atoms with Gasteiger partial charge in [-0.1, -0.05) is 38.2 Å². The minimum absolute atomic E-state index is 0.237. The number of anilines is 1. The third-order valence-corrected chi connectivity index (χ3v) is 4.39. The van der Waals surface area contributed by atoms with E-state index < -0.39 is 29.9 Å². The predicted molar refractivity (Wildman–Crippen MR) is 91.9 cm³/mol. The zero-order valence-corrected chi connectivity index (χ0v) is 14.0. The number of halogens is 1. The van der Waals surface area contributed by atoms with Crippen LogP contribution in [0.25, 0.3) is 0 Å². The molecule has 1 aromatic carbocycles. The van der Waals surface area contributed by atoms with Crippen molar-refractivity contribution in [2.45, 2.75) is 50.7 Å². The number of nitrogens with one attached hydrogen (secondary N) is 3. The van der Waals surface area contributed by atoms with E-state index in [4.69, 9.17) is 5.73 Å². The second-order valence-corrected chi connectivity index (χ2v) is 6.43. The van der Waals surface area contributed by atoms with E-state index in [1.807, 2.05) is 0 Å². The van der Waals surface area contributed by atoms with Crippen molar-refractivity contribution in [2.24, 2.45) is 11.7 Å². The highest BCUT2D eigenvalue weighted by molar-refractivity contribution is 5.91. The van der Waals surface area contributed by atoms with Crippen LogP contribution >= 0.6 is 0 Å². The van der Waals surface area contributed by atoms with Crippen molar-refractivity contribution >= 4 is 17.6 Å². The van der Waals surface area contributed by atoms with Gasteiger partial charge in [-0.25, -0.2) is 14.6 Å². The molecule has 2 rings (SSSR count). The van der Waals surface area contributed by atoms with Crippen LogP contribution in [0.1, 0.15) is 38.5 Å². The summed E-state index contributed by atoms with van der Waals surface area (Å²) in [6, 6.07) is 3.88. The maximum Gasteiger partial charge on any atom is 0.337 e. The molecule has 8 heteroatoms. The van der Waals surface area contributed by atoms with Crippen LogP contribution in [0.15, 0.2) is 24.3 Å². The van der Waals surface area contributed by atoms with Crippen LogP contribution in [0.3, 0.4) is 0 Å². The third kappa shape index (κ3) is 6.32. The summed E-state index contributed by atoms with van der Waals surface area (Å²) in [7, 11) is 0. The molecule has 7 nitrogen and oxygen atoms in total. The fraction of sp³-hybridized carbons (Fsp3) is 0.529. The lowest BCUT2D eigenvalue weighted by atomic mass is 9.84. The molecule has 25 heavy (non-hydrogen) atoms. The van der Waals surface area contributed by atoms with Crippen molar-refractivity contribution in [3.63, 3.8) is 0 Å². The van der Waals surface area contributed by atoms with Crippen LogP contribution in [-0.4, -0.2) is 29.2 Å². The molecule has 6 N–H and O–H groups in total. The van der Waals surface area contributed by atoms with Crippen LogP contribution in [0, 0.1) is 11.7 Å². The van der Waals surface area contributed by atoms with Gasteiger partial charge in [-0.3, -0.25) is 10.2 Å². The van der Waals surface area contributed by atoms with E-state index >= 15 is 0 Å². The zero-order valence-electron chi connectivity index (χ0n) is 14.0. The predicted octanol–water partition coefficient (Wildman–Crippen LogP) is 1.64. The molecular weight excluding hydrogens is 327 g/mol. The summed E-state index contributed by atoms with van der Waals surface area (Å²) < 4.78 is 13.0. The summed E-state index contributed by atoms with van der Waals surface area (Å²) in [6.45, 7) is 0. The Morgan fingerprint density at radius 3 is 2.64 bits per heavy atom. The number of amides is 3. The number of hydrogen-bond donors (Lipinski definition) is 5. The van der Waals surface area contributed by atoms with Gasteiger partial charge in [-0.2, -0.15) is 0 Å².